The van der Waals surface area contributed by atoms with Crippen molar-refractivity contribution in [2.24, 2.45) is 0 Å². The molecule has 0 saturated heterocycles. The number of fused-ring (bicyclic) bond motifs is 7. The van der Waals surface area contributed by atoms with Gasteiger partial charge in [0.1, 0.15) is 0 Å². The van der Waals surface area contributed by atoms with Gasteiger partial charge < -0.3 is 0 Å². The summed E-state index contributed by atoms with van der Waals surface area (Å²) in [5.41, 5.74) is 9.72. The highest BCUT2D eigenvalue weighted by molar-refractivity contribution is 6.23. The Kier molecular flexibility index (Phi) is 4.63. The lowest BCUT2D eigenvalue weighted by Crippen LogP contribution is -2.17. The lowest BCUT2D eigenvalue weighted by Gasteiger charge is -2.23. The fraction of sp³-hybridized carbons (Fsp3) is 0.0789. The Bertz CT molecular complexity index is 2030. The van der Waals surface area contributed by atoms with Crippen LogP contribution in [0.1, 0.15) is 25.1 Å². The van der Waals surface area contributed by atoms with Gasteiger partial charge in [0.2, 0.25) is 0 Å². The first kappa shape index (κ1) is 22.3. The van der Waals surface area contributed by atoms with Gasteiger partial charge in [0, 0.05) is 21.9 Å². The second-order valence-electron chi connectivity index (χ2n) is 11.1. The van der Waals surface area contributed by atoms with Crippen LogP contribution in [-0.2, 0) is 5.41 Å². The molecule has 0 radical (unpaired) electrons. The SMILES string of the molecule is CC1(C)c2ccccc2-c2c1nc(-c1c3ccccc3c(-c3ccccc3)c3ccccc13)c1ccccc21. The van der Waals surface area contributed by atoms with Gasteiger partial charge in [0.15, 0.2) is 0 Å². The van der Waals surface area contributed by atoms with Crippen molar-refractivity contribution < 1.29 is 0 Å². The van der Waals surface area contributed by atoms with Gasteiger partial charge in [0.05, 0.1) is 11.4 Å². The van der Waals surface area contributed by atoms with E-state index in [-0.39, 0.29) is 5.41 Å². The van der Waals surface area contributed by atoms with Gasteiger partial charge in [-0.1, -0.05) is 141 Å². The van der Waals surface area contributed by atoms with Crippen molar-refractivity contribution in [1.82, 2.24) is 4.98 Å². The molecule has 7 aromatic rings. The zero-order valence-corrected chi connectivity index (χ0v) is 22.1. The number of hydrogen-bond acceptors (Lipinski definition) is 1. The third-order valence-electron chi connectivity index (χ3n) is 8.60. The maximum atomic E-state index is 5.62. The number of aromatic nitrogens is 1. The van der Waals surface area contributed by atoms with E-state index < -0.39 is 0 Å². The van der Waals surface area contributed by atoms with E-state index in [0.717, 1.165) is 11.4 Å². The van der Waals surface area contributed by atoms with Gasteiger partial charge in [-0.3, -0.25) is 4.98 Å². The monoisotopic (exact) mass is 497 g/mol. The zero-order chi connectivity index (χ0) is 26.1. The summed E-state index contributed by atoms with van der Waals surface area (Å²) in [6.45, 7) is 4.63. The largest absolute Gasteiger partial charge is 0.251 e. The van der Waals surface area contributed by atoms with Crippen LogP contribution in [0.4, 0.5) is 0 Å². The van der Waals surface area contributed by atoms with E-state index >= 15 is 0 Å². The molecule has 1 heteroatoms. The zero-order valence-electron chi connectivity index (χ0n) is 22.1. The van der Waals surface area contributed by atoms with Gasteiger partial charge in [-0.25, -0.2) is 0 Å². The molecule has 0 N–H and O–H groups in total. The van der Waals surface area contributed by atoms with Crippen LogP contribution >= 0.6 is 0 Å². The molecule has 0 unspecified atom stereocenters. The topological polar surface area (TPSA) is 12.9 Å². The Hall–Kier alpha value is -4.75. The van der Waals surface area contributed by atoms with Crippen molar-refractivity contribution >= 4 is 32.3 Å². The second-order valence-corrected chi connectivity index (χ2v) is 11.1. The van der Waals surface area contributed by atoms with E-state index in [9.17, 15) is 0 Å². The summed E-state index contributed by atoms with van der Waals surface area (Å²) in [7, 11) is 0. The van der Waals surface area contributed by atoms with Crippen molar-refractivity contribution in [3.8, 4) is 33.5 Å². The van der Waals surface area contributed by atoms with Crippen LogP contribution in [0.5, 0.6) is 0 Å². The molecule has 6 aromatic carbocycles. The molecule has 1 aliphatic rings. The first-order chi connectivity index (χ1) is 19.1. The highest BCUT2D eigenvalue weighted by Gasteiger charge is 2.38. The lowest BCUT2D eigenvalue weighted by molar-refractivity contribution is 0.638. The third kappa shape index (κ3) is 3.05. The Balaban J connectivity index is 1.57. The third-order valence-corrected chi connectivity index (χ3v) is 8.60. The average molecular weight is 498 g/mol. The van der Waals surface area contributed by atoms with Crippen molar-refractivity contribution in [2.45, 2.75) is 19.3 Å². The molecule has 0 bridgehead atoms. The molecule has 0 spiro atoms. The number of rotatable bonds is 2. The summed E-state index contributed by atoms with van der Waals surface area (Å²) in [6, 6.07) is 46.1. The van der Waals surface area contributed by atoms with Gasteiger partial charge in [-0.15, -0.1) is 0 Å². The van der Waals surface area contributed by atoms with Crippen molar-refractivity contribution in [2.75, 3.05) is 0 Å². The molecular weight excluding hydrogens is 470 g/mol. The van der Waals surface area contributed by atoms with E-state index in [1.54, 1.807) is 0 Å². The minimum atomic E-state index is -0.180. The Labute approximate surface area is 228 Å². The summed E-state index contributed by atoms with van der Waals surface area (Å²) in [5, 5.41) is 7.46. The fourth-order valence-corrected chi connectivity index (χ4v) is 6.85. The van der Waals surface area contributed by atoms with Crippen LogP contribution in [0.2, 0.25) is 0 Å². The van der Waals surface area contributed by atoms with Gasteiger partial charge in [-0.05, 0) is 49.2 Å². The fourth-order valence-electron chi connectivity index (χ4n) is 6.85. The van der Waals surface area contributed by atoms with E-state index in [0.29, 0.717) is 0 Å². The molecule has 1 nitrogen and oxygen atoms in total. The molecule has 8 rings (SSSR count). The number of benzene rings is 6. The van der Waals surface area contributed by atoms with E-state index in [2.05, 4.69) is 141 Å². The Morgan fingerprint density at radius 1 is 0.436 bits per heavy atom. The molecule has 1 heterocycles. The summed E-state index contributed by atoms with van der Waals surface area (Å²) < 4.78 is 0. The molecule has 0 fully saturated rings. The molecule has 0 aliphatic heterocycles. The first-order valence-corrected chi connectivity index (χ1v) is 13.7. The van der Waals surface area contributed by atoms with Crippen LogP contribution in [0.15, 0.2) is 127 Å². The van der Waals surface area contributed by atoms with Crippen molar-refractivity contribution in [1.29, 1.82) is 0 Å². The van der Waals surface area contributed by atoms with Crippen LogP contribution in [0.3, 0.4) is 0 Å². The van der Waals surface area contributed by atoms with Crippen LogP contribution < -0.4 is 0 Å². The molecule has 0 atom stereocenters. The van der Waals surface area contributed by atoms with Crippen molar-refractivity contribution in [3.05, 3.63) is 139 Å². The van der Waals surface area contributed by atoms with E-state index in [4.69, 9.17) is 4.98 Å². The average Bonchev–Trinajstić information content (AvgIpc) is 3.22. The summed E-state index contributed by atoms with van der Waals surface area (Å²) in [4.78, 5) is 5.62. The van der Waals surface area contributed by atoms with E-state index in [1.165, 1.54) is 65.7 Å². The number of pyridine rings is 1. The molecule has 184 valence electrons. The second kappa shape index (κ2) is 8.12. The minimum Gasteiger partial charge on any atom is -0.251 e. The Morgan fingerprint density at radius 3 is 1.51 bits per heavy atom. The summed E-state index contributed by atoms with van der Waals surface area (Å²) >= 11 is 0. The van der Waals surface area contributed by atoms with Gasteiger partial charge in [-0.2, -0.15) is 0 Å². The highest BCUT2D eigenvalue weighted by atomic mass is 14.8. The molecular formula is C38H27N. The normalized spacial score (nSPS) is 13.6. The van der Waals surface area contributed by atoms with E-state index in [1.807, 2.05) is 0 Å². The quantitative estimate of drug-likeness (QED) is 0.217. The first-order valence-electron chi connectivity index (χ1n) is 13.7. The molecule has 39 heavy (non-hydrogen) atoms. The maximum Gasteiger partial charge on any atom is 0.0797 e. The predicted octanol–water partition coefficient (Wildman–Crippen LogP) is 10.2. The maximum absolute atomic E-state index is 5.62. The highest BCUT2D eigenvalue weighted by Crippen LogP contribution is 2.53. The summed E-state index contributed by atoms with van der Waals surface area (Å²) in [6.07, 6.45) is 0. The predicted molar refractivity (Wildman–Crippen MR) is 165 cm³/mol. The lowest BCUT2D eigenvalue weighted by atomic mass is 9.84. The summed E-state index contributed by atoms with van der Waals surface area (Å²) in [5.74, 6) is 0. The Morgan fingerprint density at radius 2 is 0.897 bits per heavy atom. The molecule has 0 amide bonds. The smallest absolute Gasteiger partial charge is 0.0797 e. The molecule has 1 aromatic heterocycles. The van der Waals surface area contributed by atoms with Crippen LogP contribution in [0, 0.1) is 0 Å². The number of hydrogen-bond donors (Lipinski definition) is 0. The van der Waals surface area contributed by atoms with Gasteiger partial charge in [0.25, 0.3) is 0 Å². The number of nitrogens with zero attached hydrogens (tertiary/aromatic N) is 1. The standard InChI is InChI=1S/C38H27N/c1-38(2)32-23-13-12-22-31(32)35-29-20-10-11-21-30(29)36(39-37(35)38)34-27-18-8-6-16-25(27)33(24-14-4-3-5-15-24)26-17-7-9-19-28(26)34/h3-23H,1-2H3. The molecule has 1 aliphatic carbocycles. The van der Waals surface area contributed by atoms with Crippen molar-refractivity contribution in [3.63, 3.8) is 0 Å². The van der Waals surface area contributed by atoms with Gasteiger partial charge >= 0.3 is 0 Å². The van der Waals surface area contributed by atoms with Crippen LogP contribution in [0.25, 0.3) is 65.8 Å². The minimum absolute atomic E-state index is 0.180. The molecule has 0 saturated carbocycles. The van der Waals surface area contributed by atoms with Crippen LogP contribution in [-0.4, -0.2) is 4.98 Å².